The van der Waals surface area contributed by atoms with Gasteiger partial charge in [0.25, 0.3) is 5.91 Å². The Morgan fingerprint density at radius 1 is 1.21 bits per heavy atom. The number of rotatable bonds is 6. The molecule has 0 saturated carbocycles. The Bertz CT molecular complexity index is 1540. The summed E-state index contributed by atoms with van der Waals surface area (Å²) < 4.78 is 23.9. The third kappa shape index (κ3) is 6.21. The summed E-state index contributed by atoms with van der Waals surface area (Å²) in [6.07, 6.45) is 0.785. The van der Waals surface area contributed by atoms with E-state index in [1.807, 2.05) is 11.8 Å². The summed E-state index contributed by atoms with van der Waals surface area (Å²) in [5, 5.41) is 8.20. The van der Waals surface area contributed by atoms with Crippen molar-refractivity contribution in [2.45, 2.75) is 39.4 Å². The monoisotopic (exact) mass is 600 g/mol. The molecule has 0 bridgehead atoms. The van der Waals surface area contributed by atoms with Crippen LogP contribution in [0.15, 0.2) is 24.4 Å². The first-order chi connectivity index (χ1) is 19.9. The van der Waals surface area contributed by atoms with E-state index in [-0.39, 0.29) is 36.1 Å². The fraction of sp³-hybridized carbons (Fsp3) is 0.464. The van der Waals surface area contributed by atoms with E-state index in [1.165, 1.54) is 22.9 Å². The van der Waals surface area contributed by atoms with Gasteiger partial charge in [-0.1, -0.05) is 11.6 Å². The Morgan fingerprint density at radius 2 is 2.00 bits per heavy atom. The zero-order chi connectivity index (χ0) is 30.2. The average Bonchev–Trinajstić information content (AvgIpc) is 3.29. The van der Waals surface area contributed by atoms with Gasteiger partial charge in [-0.05, 0) is 27.7 Å². The number of nitrogens with zero attached hydrogens (tertiary/aromatic N) is 5. The number of fused-ring (bicyclic) bond motifs is 2. The minimum absolute atomic E-state index is 0.136. The van der Waals surface area contributed by atoms with Crippen molar-refractivity contribution in [3.63, 3.8) is 0 Å². The van der Waals surface area contributed by atoms with Crippen LogP contribution >= 0.6 is 11.6 Å². The summed E-state index contributed by atoms with van der Waals surface area (Å²) >= 11 is 6.25. The van der Waals surface area contributed by atoms with Crippen LogP contribution < -0.4 is 19.7 Å². The van der Waals surface area contributed by atoms with Gasteiger partial charge >= 0.3 is 12.1 Å². The highest BCUT2D eigenvalue weighted by Gasteiger charge is 2.31. The molecule has 1 fully saturated rings. The van der Waals surface area contributed by atoms with Crippen LogP contribution in [-0.2, 0) is 14.3 Å². The number of cyclic esters (lactones) is 1. The molecule has 1 aromatic carbocycles. The topological polar surface area (TPSA) is 137 Å². The molecule has 13 nitrogen and oxygen atoms in total. The maximum atomic E-state index is 13.3. The molecule has 0 radical (unpaired) electrons. The normalized spacial score (nSPS) is 17.3. The molecule has 5 rings (SSSR count). The van der Waals surface area contributed by atoms with E-state index < -0.39 is 17.6 Å². The lowest BCUT2D eigenvalue weighted by atomic mass is 10.2. The van der Waals surface area contributed by atoms with E-state index in [0.29, 0.717) is 60.0 Å². The molecule has 2 aliphatic heterocycles. The number of esters is 1. The standard InChI is InChI=1S/C28H33ClN6O7/c1-16-14-33(15-24(36)41-16)7-6-30-26(37)25-17-13-31-23(29)12-18(17)35(32-25)20-11-22-19(10-21(20)39-5)34(8-9-40-22)27(38)42-28(2,3)4/h10-13,16H,6-9,14-15H2,1-5H3,(H,30,37). The van der Waals surface area contributed by atoms with Gasteiger partial charge in [0.2, 0.25) is 0 Å². The number of benzene rings is 1. The SMILES string of the molecule is COc1cc2c(cc1-n1nc(C(=O)NCCN3CC(=O)OC(C)C3)c3cnc(Cl)cc31)OCCN2C(=O)OC(C)(C)C. The van der Waals surface area contributed by atoms with Crippen LogP contribution in [0.2, 0.25) is 5.15 Å². The van der Waals surface area contributed by atoms with Crippen molar-refractivity contribution in [1.29, 1.82) is 0 Å². The lowest BCUT2D eigenvalue weighted by molar-refractivity contribution is -0.157. The first kappa shape index (κ1) is 29.4. The van der Waals surface area contributed by atoms with Crippen molar-refractivity contribution < 1.29 is 33.3 Å². The molecule has 42 heavy (non-hydrogen) atoms. The van der Waals surface area contributed by atoms with Crippen molar-refractivity contribution >= 4 is 46.2 Å². The number of ether oxygens (including phenoxy) is 4. The van der Waals surface area contributed by atoms with Crippen molar-refractivity contribution in [2.75, 3.05) is 51.3 Å². The number of hydrogen-bond donors (Lipinski definition) is 1. The van der Waals surface area contributed by atoms with E-state index >= 15 is 0 Å². The Labute approximate surface area is 247 Å². The number of carbonyl (C=O) groups is 3. The van der Waals surface area contributed by atoms with Crippen LogP contribution in [0.5, 0.6) is 11.5 Å². The maximum Gasteiger partial charge on any atom is 0.415 e. The maximum absolute atomic E-state index is 13.3. The van der Waals surface area contributed by atoms with Gasteiger partial charge in [0.1, 0.15) is 40.7 Å². The van der Waals surface area contributed by atoms with Crippen LogP contribution in [0.3, 0.4) is 0 Å². The number of pyridine rings is 1. The largest absolute Gasteiger partial charge is 0.494 e. The second kappa shape index (κ2) is 11.6. The Morgan fingerprint density at radius 3 is 2.71 bits per heavy atom. The summed E-state index contributed by atoms with van der Waals surface area (Å²) in [5.74, 6) is 0.0972. The molecule has 4 heterocycles. The second-order valence-corrected chi connectivity index (χ2v) is 11.4. The molecular weight excluding hydrogens is 568 g/mol. The molecule has 1 N–H and O–H groups in total. The third-order valence-electron chi connectivity index (χ3n) is 6.63. The zero-order valence-electron chi connectivity index (χ0n) is 24.1. The highest BCUT2D eigenvalue weighted by molar-refractivity contribution is 6.30. The molecule has 2 aromatic heterocycles. The highest BCUT2D eigenvalue weighted by Crippen LogP contribution is 2.41. The van der Waals surface area contributed by atoms with Crippen molar-refractivity contribution in [1.82, 2.24) is 25.0 Å². The molecule has 1 saturated heterocycles. The smallest absolute Gasteiger partial charge is 0.415 e. The van der Waals surface area contributed by atoms with Gasteiger partial charge in [-0.2, -0.15) is 5.10 Å². The van der Waals surface area contributed by atoms with Crippen molar-refractivity contribution in [3.8, 4) is 17.2 Å². The van der Waals surface area contributed by atoms with Crippen LogP contribution in [0, 0.1) is 0 Å². The van der Waals surface area contributed by atoms with Crippen molar-refractivity contribution in [2.24, 2.45) is 0 Å². The Balaban J connectivity index is 1.46. The fourth-order valence-electron chi connectivity index (χ4n) is 4.90. The molecule has 0 spiro atoms. The minimum atomic E-state index is -0.671. The van der Waals surface area contributed by atoms with Gasteiger partial charge in [-0.15, -0.1) is 0 Å². The van der Waals surface area contributed by atoms with Gasteiger partial charge < -0.3 is 24.3 Å². The minimum Gasteiger partial charge on any atom is -0.494 e. The number of halogens is 1. The average molecular weight is 601 g/mol. The number of morpholine rings is 1. The summed E-state index contributed by atoms with van der Waals surface area (Å²) in [7, 11) is 1.50. The van der Waals surface area contributed by atoms with Gasteiger partial charge in [0.15, 0.2) is 5.69 Å². The van der Waals surface area contributed by atoms with E-state index in [4.69, 9.17) is 30.5 Å². The summed E-state index contributed by atoms with van der Waals surface area (Å²) in [5.41, 5.74) is 0.939. The van der Waals surface area contributed by atoms with Crippen LogP contribution in [0.4, 0.5) is 10.5 Å². The van der Waals surface area contributed by atoms with Crippen LogP contribution in [0.25, 0.3) is 16.6 Å². The van der Waals surface area contributed by atoms with Crippen molar-refractivity contribution in [3.05, 3.63) is 35.2 Å². The number of anilines is 1. The summed E-state index contributed by atoms with van der Waals surface area (Å²) in [6, 6.07) is 4.98. The third-order valence-corrected chi connectivity index (χ3v) is 6.83. The van der Waals surface area contributed by atoms with Crippen LogP contribution in [-0.4, -0.2) is 95.8 Å². The molecule has 1 atom stereocenters. The van der Waals surface area contributed by atoms with Gasteiger partial charge in [-0.3, -0.25) is 19.4 Å². The van der Waals surface area contributed by atoms with E-state index in [0.717, 1.165) is 0 Å². The molecule has 0 aliphatic carbocycles. The quantitative estimate of drug-likeness (QED) is 0.332. The van der Waals surface area contributed by atoms with Gasteiger partial charge in [0.05, 0.1) is 36.8 Å². The van der Waals surface area contributed by atoms with E-state index in [1.54, 1.807) is 39.0 Å². The van der Waals surface area contributed by atoms with E-state index in [2.05, 4.69) is 15.4 Å². The second-order valence-electron chi connectivity index (χ2n) is 11.0. The highest BCUT2D eigenvalue weighted by atomic mass is 35.5. The lowest BCUT2D eigenvalue weighted by Gasteiger charge is -2.32. The molecule has 14 heteroatoms. The number of carbonyl (C=O) groups excluding carboxylic acids is 3. The molecule has 2 aliphatic rings. The van der Waals surface area contributed by atoms with Crippen LogP contribution in [0.1, 0.15) is 38.2 Å². The summed E-state index contributed by atoms with van der Waals surface area (Å²) in [4.78, 5) is 45.6. The lowest BCUT2D eigenvalue weighted by Crippen LogP contribution is -2.46. The first-order valence-corrected chi connectivity index (χ1v) is 13.9. The number of aromatic nitrogens is 3. The van der Waals surface area contributed by atoms with Gasteiger partial charge in [-0.25, -0.2) is 14.5 Å². The number of nitrogens with one attached hydrogen (secondary N) is 1. The summed E-state index contributed by atoms with van der Waals surface area (Å²) in [6.45, 7) is 9.33. The number of amides is 2. The number of methoxy groups -OCH3 is 1. The predicted molar refractivity (Wildman–Crippen MR) is 154 cm³/mol. The molecule has 224 valence electrons. The molecular formula is C28H33ClN6O7. The molecule has 1 unspecified atom stereocenters. The number of hydrogen-bond acceptors (Lipinski definition) is 10. The Hall–Kier alpha value is -4.10. The zero-order valence-corrected chi connectivity index (χ0v) is 24.9. The molecule has 2 amide bonds. The molecule has 3 aromatic rings. The fourth-order valence-corrected chi connectivity index (χ4v) is 5.05. The predicted octanol–water partition coefficient (Wildman–Crippen LogP) is 3.19. The van der Waals surface area contributed by atoms with Gasteiger partial charge in [0, 0.05) is 44.0 Å². The Kier molecular flexibility index (Phi) is 8.15. The first-order valence-electron chi connectivity index (χ1n) is 13.5. The van der Waals surface area contributed by atoms with E-state index in [9.17, 15) is 14.4 Å².